The van der Waals surface area contributed by atoms with Crippen molar-refractivity contribution in [1.29, 1.82) is 0 Å². The summed E-state index contributed by atoms with van der Waals surface area (Å²) in [6.45, 7) is 4.73. The van der Waals surface area contributed by atoms with E-state index in [1.165, 1.54) is 0 Å². The second kappa shape index (κ2) is 7.12. The van der Waals surface area contributed by atoms with Gasteiger partial charge in [-0.25, -0.2) is 9.48 Å². The van der Waals surface area contributed by atoms with Gasteiger partial charge in [-0.3, -0.25) is 4.79 Å². The summed E-state index contributed by atoms with van der Waals surface area (Å²) in [6.07, 6.45) is 0. The number of anilines is 1. The number of nitrogens with zero attached hydrogens (tertiary/aromatic N) is 3. The Morgan fingerprint density at radius 2 is 1.96 bits per heavy atom. The molecule has 0 atom stereocenters. The Kier molecular flexibility index (Phi) is 4.74. The zero-order chi connectivity index (χ0) is 17.8. The number of hydrogen-bond acceptors (Lipinski definition) is 5. The van der Waals surface area contributed by atoms with Gasteiger partial charge >= 0.3 is 5.97 Å². The minimum atomic E-state index is -0.420. The quantitative estimate of drug-likeness (QED) is 0.723. The molecule has 7 heteroatoms. The molecule has 0 unspecified atom stereocenters. The summed E-state index contributed by atoms with van der Waals surface area (Å²) >= 11 is 0. The average Bonchev–Trinajstić information content (AvgIpc) is 3.04. The van der Waals surface area contributed by atoms with Gasteiger partial charge in [0.2, 0.25) is 0 Å². The van der Waals surface area contributed by atoms with Crippen LogP contribution in [0.5, 0.6) is 0 Å². The van der Waals surface area contributed by atoms with Crippen molar-refractivity contribution in [3.05, 3.63) is 53.6 Å². The molecule has 0 saturated heterocycles. The van der Waals surface area contributed by atoms with Crippen LogP contribution in [0.4, 0.5) is 5.69 Å². The lowest BCUT2D eigenvalue weighted by Crippen LogP contribution is -2.13. The maximum absolute atomic E-state index is 12.5. The van der Waals surface area contributed by atoms with E-state index in [1.54, 1.807) is 48.0 Å². The Morgan fingerprint density at radius 3 is 2.72 bits per heavy atom. The maximum atomic E-state index is 12.5. The van der Waals surface area contributed by atoms with Crippen molar-refractivity contribution in [3.63, 3.8) is 0 Å². The third kappa shape index (κ3) is 3.50. The van der Waals surface area contributed by atoms with Gasteiger partial charge in [0.05, 0.1) is 17.7 Å². The molecule has 1 amide bonds. The van der Waals surface area contributed by atoms with Crippen molar-refractivity contribution in [2.75, 3.05) is 11.9 Å². The molecule has 128 valence electrons. The molecule has 0 aliphatic rings. The fourth-order valence-electron chi connectivity index (χ4n) is 2.49. The van der Waals surface area contributed by atoms with Crippen LogP contribution in [0.25, 0.3) is 11.0 Å². The SMILES string of the molecule is CCOC(=O)c1cccc(NC(=O)c2ccc3c(c2)nnn3CC)c1. The normalized spacial score (nSPS) is 10.6. The predicted octanol–water partition coefficient (Wildman–Crippen LogP) is 2.88. The molecular weight excluding hydrogens is 320 g/mol. The number of ether oxygens (including phenoxy) is 1. The summed E-state index contributed by atoms with van der Waals surface area (Å²) in [5.41, 5.74) is 2.92. The van der Waals surface area contributed by atoms with Gasteiger partial charge in [0, 0.05) is 17.8 Å². The van der Waals surface area contributed by atoms with Gasteiger partial charge in [0.25, 0.3) is 5.91 Å². The number of esters is 1. The van der Waals surface area contributed by atoms with Gasteiger partial charge in [-0.15, -0.1) is 5.10 Å². The van der Waals surface area contributed by atoms with E-state index in [-0.39, 0.29) is 5.91 Å². The van der Waals surface area contributed by atoms with Crippen LogP contribution in [0.1, 0.15) is 34.6 Å². The van der Waals surface area contributed by atoms with E-state index in [4.69, 9.17) is 4.74 Å². The molecule has 0 saturated carbocycles. The molecule has 2 aromatic carbocycles. The predicted molar refractivity (Wildman–Crippen MR) is 93.6 cm³/mol. The van der Waals surface area contributed by atoms with Crippen molar-refractivity contribution in [2.24, 2.45) is 0 Å². The number of rotatable bonds is 5. The van der Waals surface area contributed by atoms with E-state index < -0.39 is 5.97 Å². The fourth-order valence-corrected chi connectivity index (χ4v) is 2.49. The van der Waals surface area contributed by atoms with Gasteiger partial charge in [0.1, 0.15) is 5.52 Å². The second-order valence-electron chi connectivity index (χ2n) is 5.36. The summed E-state index contributed by atoms with van der Waals surface area (Å²) in [5.74, 6) is -0.704. The molecular formula is C18H18N4O3. The molecule has 25 heavy (non-hydrogen) atoms. The smallest absolute Gasteiger partial charge is 0.338 e. The van der Waals surface area contributed by atoms with Gasteiger partial charge in [0.15, 0.2) is 0 Å². The van der Waals surface area contributed by atoms with Crippen molar-refractivity contribution in [2.45, 2.75) is 20.4 Å². The van der Waals surface area contributed by atoms with E-state index in [0.29, 0.717) is 35.5 Å². The number of aryl methyl sites for hydroxylation is 1. The van der Waals surface area contributed by atoms with Gasteiger partial charge < -0.3 is 10.1 Å². The lowest BCUT2D eigenvalue weighted by Gasteiger charge is -2.07. The highest BCUT2D eigenvalue weighted by Gasteiger charge is 2.12. The number of amides is 1. The first kappa shape index (κ1) is 16.6. The first-order valence-corrected chi connectivity index (χ1v) is 8.04. The number of hydrogen-bond donors (Lipinski definition) is 1. The minimum Gasteiger partial charge on any atom is -0.462 e. The third-order valence-corrected chi connectivity index (χ3v) is 3.71. The Hall–Kier alpha value is -3.22. The lowest BCUT2D eigenvalue weighted by molar-refractivity contribution is 0.0526. The van der Waals surface area contributed by atoms with Crippen LogP contribution in [0.3, 0.4) is 0 Å². The van der Waals surface area contributed by atoms with Crippen molar-refractivity contribution in [1.82, 2.24) is 15.0 Å². The highest BCUT2D eigenvalue weighted by molar-refractivity contribution is 6.06. The van der Waals surface area contributed by atoms with Crippen molar-refractivity contribution >= 4 is 28.6 Å². The number of carbonyl (C=O) groups is 2. The Balaban J connectivity index is 1.80. The van der Waals surface area contributed by atoms with E-state index in [9.17, 15) is 9.59 Å². The molecule has 1 aromatic heterocycles. The van der Waals surface area contributed by atoms with Crippen molar-refractivity contribution < 1.29 is 14.3 Å². The lowest BCUT2D eigenvalue weighted by atomic mass is 10.1. The Morgan fingerprint density at radius 1 is 1.12 bits per heavy atom. The highest BCUT2D eigenvalue weighted by Crippen LogP contribution is 2.16. The van der Waals surface area contributed by atoms with Crippen LogP contribution < -0.4 is 5.32 Å². The number of fused-ring (bicyclic) bond motifs is 1. The van der Waals surface area contributed by atoms with Gasteiger partial charge in [-0.1, -0.05) is 11.3 Å². The molecule has 0 fully saturated rings. The van der Waals surface area contributed by atoms with Gasteiger partial charge in [-0.05, 0) is 50.2 Å². The fraction of sp³-hybridized carbons (Fsp3) is 0.222. The van der Waals surface area contributed by atoms with E-state index in [0.717, 1.165) is 5.52 Å². The molecule has 3 aromatic rings. The van der Waals surface area contributed by atoms with Crippen LogP contribution in [0.2, 0.25) is 0 Å². The number of nitrogens with one attached hydrogen (secondary N) is 1. The number of benzene rings is 2. The Bertz CT molecular complexity index is 933. The molecule has 3 rings (SSSR count). The second-order valence-corrected chi connectivity index (χ2v) is 5.36. The third-order valence-electron chi connectivity index (χ3n) is 3.71. The van der Waals surface area contributed by atoms with Gasteiger partial charge in [-0.2, -0.15) is 0 Å². The maximum Gasteiger partial charge on any atom is 0.338 e. The molecule has 0 aliphatic heterocycles. The zero-order valence-corrected chi connectivity index (χ0v) is 14.0. The number of carbonyl (C=O) groups excluding carboxylic acids is 2. The monoisotopic (exact) mass is 338 g/mol. The minimum absolute atomic E-state index is 0.283. The molecule has 0 spiro atoms. The Labute approximate surface area is 144 Å². The largest absolute Gasteiger partial charge is 0.462 e. The van der Waals surface area contributed by atoms with Crippen molar-refractivity contribution in [3.8, 4) is 0 Å². The van der Waals surface area contributed by atoms with Crippen LogP contribution in [0, 0.1) is 0 Å². The van der Waals surface area contributed by atoms with E-state index >= 15 is 0 Å². The molecule has 0 aliphatic carbocycles. The average molecular weight is 338 g/mol. The summed E-state index contributed by atoms with van der Waals surface area (Å²) < 4.78 is 6.73. The zero-order valence-electron chi connectivity index (χ0n) is 14.0. The summed E-state index contributed by atoms with van der Waals surface area (Å²) in [6, 6.07) is 11.9. The summed E-state index contributed by atoms with van der Waals surface area (Å²) in [7, 11) is 0. The van der Waals surface area contributed by atoms with E-state index in [2.05, 4.69) is 15.6 Å². The van der Waals surface area contributed by atoms with Crippen LogP contribution in [-0.4, -0.2) is 33.5 Å². The molecule has 1 N–H and O–H groups in total. The molecule has 0 radical (unpaired) electrons. The van der Waals surface area contributed by atoms with Crippen LogP contribution in [0.15, 0.2) is 42.5 Å². The number of aromatic nitrogens is 3. The van der Waals surface area contributed by atoms with E-state index in [1.807, 2.05) is 13.0 Å². The molecule has 1 heterocycles. The highest BCUT2D eigenvalue weighted by atomic mass is 16.5. The summed E-state index contributed by atoms with van der Waals surface area (Å²) in [5, 5.41) is 10.9. The first-order chi connectivity index (χ1) is 12.1. The van der Waals surface area contributed by atoms with Crippen LogP contribution >= 0.6 is 0 Å². The first-order valence-electron chi connectivity index (χ1n) is 8.04. The standard InChI is InChI=1S/C18H18N4O3/c1-3-22-16-9-8-12(11-15(16)20-21-22)17(23)19-14-7-5-6-13(10-14)18(24)25-4-2/h5-11H,3-4H2,1-2H3,(H,19,23). The topological polar surface area (TPSA) is 86.1 Å². The molecule has 7 nitrogen and oxygen atoms in total. The summed E-state index contributed by atoms with van der Waals surface area (Å²) in [4.78, 5) is 24.2. The van der Waals surface area contributed by atoms with Crippen LogP contribution in [-0.2, 0) is 11.3 Å². The molecule has 0 bridgehead atoms.